The number of aliphatic carboxylic acids is 1. The van der Waals surface area contributed by atoms with Gasteiger partial charge in [0.25, 0.3) is 0 Å². The largest absolute Gasteiger partial charge is 0.481 e. The minimum Gasteiger partial charge on any atom is -0.481 e. The summed E-state index contributed by atoms with van der Waals surface area (Å²) in [5, 5.41) is 17.2. The van der Waals surface area contributed by atoms with E-state index in [2.05, 4.69) is 5.32 Å². The van der Waals surface area contributed by atoms with Crippen LogP contribution in [-0.4, -0.2) is 31.9 Å². The summed E-state index contributed by atoms with van der Waals surface area (Å²) in [7, 11) is -3.72. The van der Waals surface area contributed by atoms with Crippen molar-refractivity contribution in [3.8, 4) is 0 Å². The highest BCUT2D eigenvalue weighted by Crippen LogP contribution is 2.34. The Bertz CT molecular complexity index is 828. The number of amides is 1. The molecule has 1 aliphatic carbocycles. The van der Waals surface area contributed by atoms with Crippen LogP contribution >= 0.6 is 0 Å². The Hall–Kier alpha value is -2.19. The van der Waals surface area contributed by atoms with Gasteiger partial charge in [-0.05, 0) is 50.8 Å². The van der Waals surface area contributed by atoms with Crippen LogP contribution in [0.4, 0.5) is 0 Å². The number of sulfonamides is 1. The standard InChI is InChI=1S/C18H24N2O5S/c1-11-9-15(16(18(22)23)10-12(11)2)17(21)20-8-7-13-3-5-14(6-4-13)26(19,24)25/h3-6,15-16H,7-10H2,1-2H3,(H,20,21)(H,22,23)(H2,19,24,25)/t15-,16-/m1/s1. The molecular formula is C18H24N2O5S. The summed E-state index contributed by atoms with van der Waals surface area (Å²) in [6, 6.07) is 6.13. The quantitative estimate of drug-likeness (QED) is 0.644. The Morgan fingerprint density at radius 3 is 2.15 bits per heavy atom. The number of carbonyl (C=O) groups excluding carboxylic acids is 1. The van der Waals surface area contributed by atoms with E-state index in [0.717, 1.165) is 16.7 Å². The fourth-order valence-corrected chi connectivity index (χ4v) is 3.65. The zero-order chi connectivity index (χ0) is 19.5. The SMILES string of the molecule is CC1=C(C)C[C@@H](C(=O)NCCc2ccc(S(N)(=O)=O)cc2)[C@H](C(=O)O)C1. The number of carbonyl (C=O) groups is 2. The number of nitrogens with two attached hydrogens (primary N) is 1. The molecule has 1 amide bonds. The van der Waals surface area contributed by atoms with Crippen molar-refractivity contribution in [2.75, 3.05) is 6.54 Å². The van der Waals surface area contributed by atoms with Gasteiger partial charge in [0.15, 0.2) is 0 Å². The highest BCUT2D eigenvalue weighted by atomic mass is 32.2. The number of carboxylic acids is 1. The zero-order valence-corrected chi connectivity index (χ0v) is 15.7. The summed E-state index contributed by atoms with van der Waals surface area (Å²) < 4.78 is 22.5. The zero-order valence-electron chi connectivity index (χ0n) is 14.9. The Morgan fingerprint density at radius 2 is 1.65 bits per heavy atom. The van der Waals surface area contributed by atoms with Gasteiger partial charge in [0.1, 0.15) is 0 Å². The Labute approximate surface area is 153 Å². The van der Waals surface area contributed by atoms with Gasteiger partial charge in [0, 0.05) is 6.54 Å². The monoisotopic (exact) mass is 380 g/mol. The van der Waals surface area contributed by atoms with Crippen LogP contribution in [0.2, 0.25) is 0 Å². The molecule has 0 unspecified atom stereocenters. The second-order valence-electron chi connectivity index (χ2n) is 6.75. The van der Waals surface area contributed by atoms with Crippen molar-refractivity contribution in [1.82, 2.24) is 5.32 Å². The summed E-state index contributed by atoms with van der Waals surface area (Å²) in [4.78, 5) is 24.0. The molecule has 7 nitrogen and oxygen atoms in total. The van der Waals surface area contributed by atoms with E-state index in [4.69, 9.17) is 5.14 Å². The Balaban J connectivity index is 1.94. The summed E-state index contributed by atoms with van der Waals surface area (Å²) in [6.45, 7) is 4.18. The number of carboxylic acid groups (broad SMARTS) is 1. The molecule has 26 heavy (non-hydrogen) atoms. The highest BCUT2D eigenvalue weighted by Gasteiger charge is 2.36. The molecule has 2 rings (SSSR count). The molecule has 0 aromatic heterocycles. The van der Waals surface area contributed by atoms with Crippen LogP contribution in [0, 0.1) is 11.8 Å². The van der Waals surface area contributed by atoms with Gasteiger partial charge < -0.3 is 10.4 Å². The van der Waals surface area contributed by atoms with Crippen molar-refractivity contribution in [3.05, 3.63) is 41.0 Å². The Kier molecular flexibility index (Phi) is 6.20. The van der Waals surface area contributed by atoms with Crippen molar-refractivity contribution in [2.24, 2.45) is 17.0 Å². The van der Waals surface area contributed by atoms with Crippen LogP contribution in [0.1, 0.15) is 32.3 Å². The lowest BCUT2D eigenvalue weighted by atomic mass is 9.76. The van der Waals surface area contributed by atoms with Crippen LogP contribution in [-0.2, 0) is 26.0 Å². The summed E-state index contributed by atoms with van der Waals surface area (Å²) in [6.07, 6.45) is 1.36. The first-order valence-corrected chi connectivity index (χ1v) is 9.91. The van der Waals surface area contributed by atoms with E-state index in [0.29, 0.717) is 25.8 Å². The summed E-state index contributed by atoms with van der Waals surface area (Å²) >= 11 is 0. The van der Waals surface area contributed by atoms with Gasteiger partial charge in [0.05, 0.1) is 16.7 Å². The maximum atomic E-state index is 12.4. The lowest BCUT2D eigenvalue weighted by molar-refractivity contribution is -0.147. The van der Waals surface area contributed by atoms with Gasteiger partial charge in [-0.15, -0.1) is 0 Å². The molecule has 0 radical (unpaired) electrons. The molecule has 8 heteroatoms. The van der Waals surface area contributed by atoms with Crippen molar-refractivity contribution in [1.29, 1.82) is 0 Å². The van der Waals surface area contributed by atoms with Gasteiger partial charge in [0.2, 0.25) is 15.9 Å². The highest BCUT2D eigenvalue weighted by molar-refractivity contribution is 7.89. The first-order chi connectivity index (χ1) is 12.1. The second-order valence-corrected chi connectivity index (χ2v) is 8.31. The maximum absolute atomic E-state index is 12.4. The number of allylic oxidation sites excluding steroid dienone is 2. The maximum Gasteiger partial charge on any atom is 0.307 e. The number of rotatable bonds is 6. The number of primary sulfonamides is 1. The van der Waals surface area contributed by atoms with Crippen LogP contribution < -0.4 is 10.5 Å². The lowest BCUT2D eigenvalue weighted by Gasteiger charge is -2.29. The van der Waals surface area contributed by atoms with Crippen LogP contribution in [0.25, 0.3) is 0 Å². The molecule has 0 spiro atoms. The van der Waals surface area contributed by atoms with Crippen molar-refractivity contribution < 1.29 is 23.1 Å². The first kappa shape index (κ1) is 20.1. The average molecular weight is 380 g/mol. The molecule has 4 N–H and O–H groups in total. The fraction of sp³-hybridized carbons (Fsp3) is 0.444. The van der Waals surface area contributed by atoms with E-state index >= 15 is 0 Å². The van der Waals surface area contributed by atoms with E-state index in [9.17, 15) is 23.1 Å². The number of hydrogen-bond donors (Lipinski definition) is 3. The van der Waals surface area contributed by atoms with Gasteiger partial charge in [-0.3, -0.25) is 9.59 Å². The van der Waals surface area contributed by atoms with E-state index in [-0.39, 0.29) is 10.8 Å². The molecule has 1 aliphatic rings. The predicted octanol–water partition coefficient (Wildman–Crippen LogP) is 1.44. The van der Waals surface area contributed by atoms with Crippen LogP contribution in [0.15, 0.2) is 40.3 Å². The first-order valence-electron chi connectivity index (χ1n) is 8.37. The van der Waals surface area contributed by atoms with Crippen molar-refractivity contribution in [3.63, 3.8) is 0 Å². The third-order valence-corrected chi connectivity index (χ3v) is 5.81. The molecule has 1 aromatic rings. The molecule has 1 aromatic carbocycles. The van der Waals surface area contributed by atoms with Gasteiger partial charge in [-0.25, -0.2) is 13.6 Å². The fourth-order valence-electron chi connectivity index (χ4n) is 3.13. The van der Waals surface area contributed by atoms with Crippen LogP contribution in [0.5, 0.6) is 0 Å². The Morgan fingerprint density at radius 1 is 1.12 bits per heavy atom. The van der Waals surface area contributed by atoms with Gasteiger partial charge in [-0.2, -0.15) is 0 Å². The molecule has 142 valence electrons. The molecule has 0 heterocycles. The van der Waals surface area contributed by atoms with E-state index in [1.807, 2.05) is 13.8 Å². The lowest BCUT2D eigenvalue weighted by Crippen LogP contribution is -2.40. The van der Waals surface area contributed by atoms with E-state index < -0.39 is 27.8 Å². The van der Waals surface area contributed by atoms with Gasteiger partial charge in [-0.1, -0.05) is 23.3 Å². The normalized spacial score (nSPS) is 20.7. The molecular weight excluding hydrogens is 356 g/mol. The summed E-state index contributed by atoms with van der Waals surface area (Å²) in [5.41, 5.74) is 2.96. The number of nitrogens with one attached hydrogen (secondary N) is 1. The third-order valence-electron chi connectivity index (χ3n) is 4.89. The van der Waals surface area contributed by atoms with E-state index in [1.54, 1.807) is 12.1 Å². The minimum absolute atomic E-state index is 0.0365. The van der Waals surface area contributed by atoms with Crippen LogP contribution in [0.3, 0.4) is 0 Å². The number of hydrogen-bond acceptors (Lipinski definition) is 4. The third kappa shape index (κ3) is 4.92. The molecule has 0 bridgehead atoms. The number of benzene rings is 1. The van der Waals surface area contributed by atoms with E-state index in [1.165, 1.54) is 12.1 Å². The molecule has 0 aliphatic heterocycles. The van der Waals surface area contributed by atoms with Crippen molar-refractivity contribution >= 4 is 21.9 Å². The summed E-state index contributed by atoms with van der Waals surface area (Å²) in [5.74, 6) is -2.48. The van der Waals surface area contributed by atoms with Gasteiger partial charge >= 0.3 is 5.97 Å². The minimum atomic E-state index is -3.72. The van der Waals surface area contributed by atoms with Crippen molar-refractivity contribution in [2.45, 2.75) is 38.0 Å². The second kappa shape index (κ2) is 8.01. The predicted molar refractivity (Wildman–Crippen MR) is 96.8 cm³/mol. The topological polar surface area (TPSA) is 127 Å². The molecule has 0 saturated carbocycles. The smallest absolute Gasteiger partial charge is 0.307 e. The average Bonchev–Trinajstić information content (AvgIpc) is 2.56. The molecule has 0 fully saturated rings. The molecule has 2 atom stereocenters. The molecule has 0 saturated heterocycles.